The van der Waals surface area contributed by atoms with Gasteiger partial charge in [0.05, 0.1) is 58.5 Å². The van der Waals surface area contributed by atoms with E-state index in [9.17, 15) is 29.0 Å². The van der Waals surface area contributed by atoms with Crippen molar-refractivity contribution >= 4 is 57.1 Å². The maximum Gasteiger partial charge on any atom is 0.319 e. The number of terminal acetylenes is 1. The highest BCUT2D eigenvalue weighted by Gasteiger charge is 2.46. The number of hydrogen-bond acceptors (Lipinski definition) is 15. The van der Waals surface area contributed by atoms with Crippen molar-refractivity contribution in [2.24, 2.45) is 10.8 Å². The molecule has 11 rings (SSSR count). The summed E-state index contributed by atoms with van der Waals surface area (Å²) in [6.07, 6.45) is 13.9. The van der Waals surface area contributed by atoms with Gasteiger partial charge in [0.25, 0.3) is 0 Å². The van der Waals surface area contributed by atoms with Crippen LogP contribution in [0, 0.1) is 41.7 Å². The highest BCUT2D eigenvalue weighted by Crippen LogP contribution is 2.47. The lowest BCUT2D eigenvalue weighted by Crippen LogP contribution is -2.54. The third-order valence-corrected chi connectivity index (χ3v) is 17.5. The third kappa shape index (κ3) is 13.1. The van der Waals surface area contributed by atoms with Gasteiger partial charge in [-0.05, 0) is 98.9 Å². The number of phenolic OH excluding ortho intramolecular Hbond substituents is 1. The number of piperidine rings is 1. The van der Waals surface area contributed by atoms with E-state index in [1.165, 1.54) is 34.7 Å². The maximum atomic E-state index is 17.0. The van der Waals surface area contributed by atoms with E-state index < -0.39 is 29.2 Å². The van der Waals surface area contributed by atoms with Crippen molar-refractivity contribution in [1.82, 2.24) is 45.7 Å². The van der Waals surface area contributed by atoms with E-state index in [1.54, 1.807) is 22.4 Å². The zero-order valence-corrected chi connectivity index (χ0v) is 47.5. The molecule has 5 fully saturated rings. The van der Waals surface area contributed by atoms with Crippen molar-refractivity contribution in [3.8, 4) is 45.8 Å². The summed E-state index contributed by atoms with van der Waals surface area (Å²) in [7, 11) is 0. The number of aryl methyl sites for hydroxylation is 1. The molecule has 17 nitrogen and oxygen atoms in total. The number of pyridine rings is 1. The maximum absolute atomic E-state index is 17.0. The standard InChI is InChI=1S/C48H58F2N8O6.C13H14N2OS/c1-5-34-37(49)9-6-28-20-32(60)21-35(39(28)34)41-40(50)42-36(22-51-41)44(58-23-29-7-8-30(24-58)52-29)55-46(54-42)64-27-48(14-15-48)26-56-16-11-33(12-17-56)63-19-13-38(61)53-43(47(2,3)4)45(62)57-18-10-31(59)25-57;1-9(14-7-16)11-3-5-12(6-4-11)13-10(2)15-8-17-13/h1,6,9,20-22,29-31,33,43,52,59-60H,7-8,10-19,23-27H2,2-4H3,(H,53,61);3-9H,1-2H3,(H,14,16). The van der Waals surface area contributed by atoms with Crippen LogP contribution in [0.5, 0.6) is 11.8 Å². The molecule has 5 aliphatic rings. The molecular formula is C61H72F2N10O7S. The first-order chi connectivity index (χ1) is 38.9. The second kappa shape index (κ2) is 24.3. The molecule has 6 aromatic rings. The molecule has 20 heteroatoms. The lowest BCUT2D eigenvalue weighted by Gasteiger charge is -2.35. The number of aliphatic hydroxyl groups is 1. The number of amides is 3. The molecule has 4 aliphatic heterocycles. The van der Waals surface area contributed by atoms with Crippen molar-refractivity contribution in [3.63, 3.8) is 0 Å². The van der Waals surface area contributed by atoms with E-state index in [2.05, 4.69) is 58.8 Å². The number of benzene rings is 3. The topological polar surface area (TPSA) is 207 Å². The third-order valence-electron chi connectivity index (χ3n) is 16.5. The summed E-state index contributed by atoms with van der Waals surface area (Å²) < 4.78 is 44.6. The molecule has 1 saturated carbocycles. The number of carbonyl (C=O) groups excluding carboxylic acids is 3. The number of β-amino-alcohol motifs (C(OH)–C–C–N with tert-alkyl or cyclic N) is 1. The van der Waals surface area contributed by atoms with Crippen molar-refractivity contribution in [1.29, 1.82) is 0 Å². The number of phenols is 1. The van der Waals surface area contributed by atoms with Crippen LogP contribution in [0.25, 0.3) is 43.4 Å². The molecule has 428 valence electrons. The minimum absolute atomic E-state index is 0.0146. The van der Waals surface area contributed by atoms with E-state index >= 15 is 4.39 Å². The van der Waals surface area contributed by atoms with Gasteiger partial charge in [-0.25, -0.2) is 13.8 Å². The summed E-state index contributed by atoms with van der Waals surface area (Å²) in [5.74, 6) is 1.01. The van der Waals surface area contributed by atoms with Crippen molar-refractivity contribution in [2.75, 3.05) is 63.9 Å². The number of aromatic nitrogens is 4. The number of aliphatic hydroxyl groups excluding tert-OH is 1. The predicted octanol–water partition coefficient (Wildman–Crippen LogP) is 7.83. The van der Waals surface area contributed by atoms with Gasteiger partial charge in [-0.1, -0.05) is 57.0 Å². The van der Waals surface area contributed by atoms with Gasteiger partial charge >= 0.3 is 6.01 Å². The Morgan fingerprint density at radius 1 is 1.00 bits per heavy atom. The quantitative estimate of drug-likeness (QED) is 0.0436. The number of likely N-dealkylation sites (tertiary alicyclic amines) is 2. The minimum Gasteiger partial charge on any atom is -0.508 e. The Kier molecular flexibility index (Phi) is 17.2. The van der Waals surface area contributed by atoms with E-state index in [1.807, 2.05) is 52.3 Å². The number of thiazole rings is 1. The van der Waals surface area contributed by atoms with Crippen LogP contribution >= 0.6 is 11.3 Å². The lowest BCUT2D eigenvalue weighted by molar-refractivity contribution is -0.139. The van der Waals surface area contributed by atoms with Crippen LogP contribution in [0.1, 0.15) is 102 Å². The lowest BCUT2D eigenvalue weighted by atomic mass is 9.85. The van der Waals surface area contributed by atoms with E-state index in [4.69, 9.17) is 20.9 Å². The van der Waals surface area contributed by atoms with Crippen LogP contribution < -0.4 is 25.6 Å². The average Bonchev–Trinajstić information content (AvgIpc) is 3.78. The molecule has 81 heavy (non-hydrogen) atoms. The highest BCUT2D eigenvalue weighted by molar-refractivity contribution is 7.13. The molecule has 3 aromatic heterocycles. The Morgan fingerprint density at radius 3 is 2.38 bits per heavy atom. The van der Waals surface area contributed by atoms with Crippen LogP contribution in [0.2, 0.25) is 0 Å². The van der Waals surface area contributed by atoms with Gasteiger partial charge in [-0.15, -0.1) is 17.8 Å². The number of nitrogens with zero attached hydrogens (tertiary/aromatic N) is 7. The van der Waals surface area contributed by atoms with Gasteiger partial charge in [-0.3, -0.25) is 19.4 Å². The van der Waals surface area contributed by atoms with Crippen LogP contribution in [-0.2, 0) is 19.1 Å². The summed E-state index contributed by atoms with van der Waals surface area (Å²) in [6, 6.07) is 13.7. The van der Waals surface area contributed by atoms with Crippen LogP contribution in [0.4, 0.5) is 14.6 Å². The van der Waals surface area contributed by atoms with Crippen molar-refractivity contribution in [3.05, 3.63) is 88.7 Å². The van der Waals surface area contributed by atoms with Crippen LogP contribution in [-0.4, -0.2) is 148 Å². The smallest absolute Gasteiger partial charge is 0.319 e. The molecule has 4 saturated heterocycles. The molecule has 3 aromatic carbocycles. The first-order valence-electron chi connectivity index (χ1n) is 28.1. The Balaban J connectivity index is 0.000000370. The van der Waals surface area contributed by atoms with Gasteiger partial charge < -0.3 is 50.3 Å². The Morgan fingerprint density at radius 2 is 1.74 bits per heavy atom. The van der Waals surface area contributed by atoms with Gasteiger partial charge in [-0.2, -0.15) is 9.97 Å². The number of carbonyl (C=O) groups is 3. The number of rotatable bonds is 17. The Labute approximate surface area is 475 Å². The van der Waals surface area contributed by atoms with Gasteiger partial charge in [0, 0.05) is 86.9 Å². The molecule has 5 N–H and O–H groups in total. The van der Waals surface area contributed by atoms with Crippen LogP contribution in [0.15, 0.2) is 60.2 Å². The number of ether oxygens (including phenoxy) is 2. The minimum atomic E-state index is -0.752. The molecule has 7 heterocycles. The second-order valence-electron chi connectivity index (χ2n) is 23.6. The monoisotopic (exact) mass is 1130 g/mol. The SMILES string of the molecule is C#Cc1c(F)ccc2cc(O)cc(-c3ncc4c(N5CC6CCC(C5)N6)nc(OCC5(CN6CCC(OCCC(=O)NC(C(=O)N7CCC(O)C7)C(C)(C)C)CC6)CC5)nc4c3F)c12.Cc1ncsc1-c1ccc(C(C)NC=O)cc1. The van der Waals surface area contributed by atoms with Crippen molar-refractivity contribution in [2.45, 2.75) is 122 Å². The Bertz CT molecular complexity index is 3310. The molecular weight excluding hydrogens is 1050 g/mol. The van der Waals surface area contributed by atoms with Gasteiger partial charge in [0.1, 0.15) is 34.6 Å². The highest BCUT2D eigenvalue weighted by atomic mass is 32.1. The number of piperazine rings is 1. The molecule has 5 atom stereocenters. The van der Waals surface area contributed by atoms with Gasteiger partial charge in [0.2, 0.25) is 18.2 Å². The normalized spacial score (nSPS) is 20.6. The van der Waals surface area contributed by atoms with Gasteiger partial charge in [0.15, 0.2) is 5.82 Å². The molecule has 2 bridgehead atoms. The fourth-order valence-electron chi connectivity index (χ4n) is 11.7. The zero-order chi connectivity index (χ0) is 57.2. The molecule has 3 amide bonds. The Hall–Kier alpha value is -6.89. The number of anilines is 1. The second-order valence-corrected chi connectivity index (χ2v) is 24.4. The largest absolute Gasteiger partial charge is 0.508 e. The summed E-state index contributed by atoms with van der Waals surface area (Å²) in [5, 5.41) is 31.0. The first kappa shape index (κ1) is 57.3. The van der Waals surface area contributed by atoms with E-state index in [0.29, 0.717) is 49.3 Å². The molecule has 0 radical (unpaired) electrons. The fourth-order valence-corrected chi connectivity index (χ4v) is 12.5. The van der Waals surface area contributed by atoms with E-state index in [-0.39, 0.29) is 101 Å². The average molecular weight is 1130 g/mol. The number of nitrogens with one attached hydrogen (secondary N) is 3. The number of hydrogen-bond donors (Lipinski definition) is 5. The molecule has 5 unspecified atom stereocenters. The van der Waals surface area contributed by atoms with Crippen LogP contribution in [0.3, 0.4) is 0 Å². The molecule has 0 spiro atoms. The first-order valence-corrected chi connectivity index (χ1v) is 29.0. The van der Waals surface area contributed by atoms with E-state index in [0.717, 1.165) is 75.8 Å². The number of fused-ring (bicyclic) bond motifs is 4. The summed E-state index contributed by atoms with van der Waals surface area (Å²) in [4.78, 5) is 62.4. The predicted molar refractivity (Wildman–Crippen MR) is 308 cm³/mol. The van der Waals surface area contributed by atoms with Crippen molar-refractivity contribution < 1.29 is 42.9 Å². The summed E-state index contributed by atoms with van der Waals surface area (Å²) in [6.45, 7) is 15.0. The molecule has 1 aliphatic carbocycles. The zero-order valence-electron chi connectivity index (χ0n) is 46.6. The number of halogens is 2. The number of aromatic hydroxyl groups is 1. The fraction of sp³-hybridized carbons (Fsp3) is 0.492. The summed E-state index contributed by atoms with van der Waals surface area (Å²) in [5.41, 5.74) is 4.58. The summed E-state index contributed by atoms with van der Waals surface area (Å²) >= 11 is 1.64.